The summed E-state index contributed by atoms with van der Waals surface area (Å²) in [5.41, 5.74) is 1.97. The van der Waals surface area contributed by atoms with E-state index < -0.39 is 5.60 Å². The Morgan fingerprint density at radius 2 is 1.37 bits per heavy atom. The number of nitrogens with one attached hydrogen (secondary N) is 1. The Balaban J connectivity index is 1.22. The Morgan fingerprint density at radius 1 is 0.842 bits per heavy atom. The molecule has 2 aromatic carbocycles. The smallest absolute Gasteiger partial charge is 0.234 e. The van der Waals surface area contributed by atoms with E-state index in [1.807, 2.05) is 13.8 Å². The van der Waals surface area contributed by atoms with E-state index >= 15 is 0 Å². The van der Waals surface area contributed by atoms with E-state index in [2.05, 4.69) is 10.3 Å². The first-order chi connectivity index (χ1) is 18.2. The minimum Gasteiger partial charge on any atom is -0.464 e. The van der Waals surface area contributed by atoms with Gasteiger partial charge in [0.05, 0.1) is 27.1 Å². The molecule has 0 fully saturated rings. The number of rotatable bonds is 2. The van der Waals surface area contributed by atoms with Crippen LogP contribution in [0.2, 0.25) is 0 Å². The molecule has 0 spiro atoms. The molecule has 7 rings (SSSR count). The number of thioether (sulfide) groups is 1. The highest BCUT2D eigenvalue weighted by atomic mass is 32.2. The number of Topliss-reactive ketones (excluding diaryl/α,β-unsaturated/α-hetero) is 4. The molecule has 0 saturated heterocycles. The molecule has 186 valence electrons. The summed E-state index contributed by atoms with van der Waals surface area (Å²) in [5, 5.41) is 3.55. The maximum absolute atomic E-state index is 12.9. The summed E-state index contributed by atoms with van der Waals surface area (Å²) < 4.78 is 6.22. The average molecular weight is 539 g/mol. The van der Waals surface area contributed by atoms with Crippen LogP contribution in [0.25, 0.3) is 11.0 Å². The van der Waals surface area contributed by atoms with Crippen LogP contribution in [0.1, 0.15) is 65.2 Å². The minimum atomic E-state index is -0.747. The quantitative estimate of drug-likeness (QED) is 0.355. The zero-order valence-electron chi connectivity index (χ0n) is 20.2. The van der Waals surface area contributed by atoms with E-state index in [0.29, 0.717) is 33.1 Å². The molecule has 2 aliphatic heterocycles. The molecule has 0 saturated carbocycles. The molecule has 1 unspecified atom stereocenters. The molecule has 9 heteroatoms. The predicted octanol–water partition coefficient (Wildman–Crippen LogP) is 5.11. The van der Waals surface area contributed by atoms with Crippen LogP contribution < -0.4 is 10.1 Å². The maximum atomic E-state index is 12.9. The summed E-state index contributed by atoms with van der Waals surface area (Å²) >= 11 is 2.81. The van der Waals surface area contributed by atoms with Crippen molar-refractivity contribution in [1.82, 2.24) is 10.3 Å². The predicted molar refractivity (Wildman–Crippen MR) is 145 cm³/mol. The first-order valence-corrected chi connectivity index (χ1v) is 13.6. The van der Waals surface area contributed by atoms with Crippen molar-refractivity contribution in [3.8, 4) is 5.88 Å². The Hall–Kier alpha value is -4.08. The number of aromatic nitrogens is 1. The zero-order valence-corrected chi connectivity index (χ0v) is 21.8. The number of nitrogens with zero attached hydrogens (tertiary/aromatic N) is 1. The summed E-state index contributed by atoms with van der Waals surface area (Å²) in [6.45, 7) is 3.82. The number of hydrogen-bond acceptors (Lipinski definition) is 9. The van der Waals surface area contributed by atoms with E-state index in [0.717, 1.165) is 15.5 Å². The second kappa shape index (κ2) is 7.96. The van der Waals surface area contributed by atoms with Gasteiger partial charge in [-0.05, 0) is 26.0 Å². The molecule has 1 aromatic heterocycles. The second-order valence-corrected chi connectivity index (χ2v) is 11.9. The molecule has 1 atom stereocenters. The molecule has 0 radical (unpaired) electrons. The van der Waals surface area contributed by atoms with Crippen LogP contribution in [-0.4, -0.2) is 39.1 Å². The second-order valence-electron chi connectivity index (χ2n) is 9.73. The minimum absolute atomic E-state index is 0.0865. The van der Waals surface area contributed by atoms with Gasteiger partial charge in [0.1, 0.15) is 15.5 Å². The van der Waals surface area contributed by atoms with E-state index in [4.69, 9.17) is 4.74 Å². The van der Waals surface area contributed by atoms with Gasteiger partial charge in [0.15, 0.2) is 23.1 Å². The van der Waals surface area contributed by atoms with Gasteiger partial charge >= 0.3 is 0 Å². The van der Waals surface area contributed by atoms with Crippen molar-refractivity contribution in [2.75, 3.05) is 0 Å². The number of thiazole rings is 1. The summed E-state index contributed by atoms with van der Waals surface area (Å²) in [6.07, 6.45) is 3.21. The van der Waals surface area contributed by atoms with E-state index in [-0.39, 0.29) is 39.7 Å². The van der Waals surface area contributed by atoms with Crippen LogP contribution in [0.15, 0.2) is 71.5 Å². The average Bonchev–Trinajstić information content (AvgIpc) is 3.63. The van der Waals surface area contributed by atoms with Crippen molar-refractivity contribution >= 4 is 57.2 Å². The van der Waals surface area contributed by atoms with E-state index in [1.165, 1.54) is 29.2 Å². The number of hydrogen-bond donors (Lipinski definition) is 1. The lowest BCUT2D eigenvalue weighted by Gasteiger charge is -2.31. The lowest BCUT2D eigenvalue weighted by Crippen LogP contribution is -2.40. The van der Waals surface area contributed by atoms with Crippen molar-refractivity contribution in [3.05, 3.63) is 104 Å². The molecular weight excluding hydrogens is 520 g/mol. The van der Waals surface area contributed by atoms with Crippen LogP contribution in [0.4, 0.5) is 0 Å². The van der Waals surface area contributed by atoms with Gasteiger partial charge in [-0.3, -0.25) is 19.2 Å². The van der Waals surface area contributed by atoms with Gasteiger partial charge in [-0.15, -0.1) is 11.3 Å². The fourth-order valence-electron chi connectivity index (χ4n) is 5.10. The van der Waals surface area contributed by atoms with Gasteiger partial charge in [0, 0.05) is 22.3 Å². The molecule has 3 heterocycles. The van der Waals surface area contributed by atoms with Gasteiger partial charge in [-0.2, -0.15) is 0 Å². The van der Waals surface area contributed by atoms with Gasteiger partial charge in [0.2, 0.25) is 5.88 Å². The lowest BCUT2D eigenvalue weighted by molar-refractivity contribution is 0.0973. The molecule has 1 N–H and O–H groups in total. The van der Waals surface area contributed by atoms with Crippen LogP contribution in [0, 0.1) is 0 Å². The largest absolute Gasteiger partial charge is 0.464 e. The molecule has 7 nitrogen and oxygen atoms in total. The topological polar surface area (TPSA) is 102 Å². The number of benzene rings is 2. The molecule has 3 aromatic rings. The highest BCUT2D eigenvalue weighted by molar-refractivity contribution is 8.09. The van der Waals surface area contributed by atoms with Gasteiger partial charge < -0.3 is 10.1 Å². The van der Waals surface area contributed by atoms with Crippen LogP contribution in [0.5, 0.6) is 5.88 Å². The van der Waals surface area contributed by atoms with Crippen molar-refractivity contribution in [2.24, 2.45) is 0 Å². The van der Waals surface area contributed by atoms with E-state index in [9.17, 15) is 19.2 Å². The Kier molecular flexibility index (Phi) is 4.83. The maximum Gasteiger partial charge on any atom is 0.234 e. The number of ether oxygens (including phenoxy) is 1. The van der Waals surface area contributed by atoms with Gasteiger partial charge in [0.25, 0.3) is 0 Å². The summed E-state index contributed by atoms with van der Waals surface area (Å²) in [6, 6.07) is 13.6. The summed E-state index contributed by atoms with van der Waals surface area (Å²) in [5.74, 6) is -0.741. The highest BCUT2D eigenvalue weighted by Gasteiger charge is 2.44. The lowest BCUT2D eigenvalue weighted by atomic mass is 10.0. The van der Waals surface area contributed by atoms with Crippen molar-refractivity contribution in [2.45, 2.75) is 24.8 Å². The third-order valence-corrected chi connectivity index (χ3v) is 9.21. The first kappa shape index (κ1) is 23.1. The van der Waals surface area contributed by atoms with Gasteiger partial charge in [-0.25, -0.2) is 4.98 Å². The van der Waals surface area contributed by atoms with E-state index in [1.54, 1.807) is 54.6 Å². The fraction of sp³-hybridized carbons (Fsp3) is 0.138. The van der Waals surface area contributed by atoms with Gasteiger partial charge in [-0.1, -0.05) is 60.3 Å². The number of allylic oxidation sites excluding steroid dienone is 2. The third-order valence-electron chi connectivity index (χ3n) is 6.93. The number of ketones is 4. The third kappa shape index (κ3) is 3.25. The molecule has 0 amide bonds. The fourth-order valence-corrected chi connectivity index (χ4v) is 7.51. The number of carbonyl (C=O) groups excluding carboxylic acids is 4. The Morgan fingerprint density at radius 3 is 1.92 bits per heavy atom. The van der Waals surface area contributed by atoms with Crippen LogP contribution in [-0.2, 0) is 0 Å². The standard InChI is InChI=1S/C29H18N2O5S2/c1-29(2)27-25(37-19(30-27)11-17-21(32)13-7-3-4-8-14(13)22(17)33)26-28(36-29)31-20(38-26)12-18-23(34)15-9-5-6-10-16(15)24(18)35/h3-12,19,30H,1-2H3. The number of carbonyl (C=O) groups is 4. The first-order valence-electron chi connectivity index (χ1n) is 11.9. The normalized spacial score (nSPS) is 20.6. The molecule has 4 aliphatic rings. The molecule has 0 bridgehead atoms. The molecular formula is C29H18N2O5S2. The van der Waals surface area contributed by atoms with Crippen molar-refractivity contribution in [3.63, 3.8) is 0 Å². The Labute approximate surface area is 225 Å². The van der Waals surface area contributed by atoms with Crippen LogP contribution in [0.3, 0.4) is 0 Å². The SMILES string of the molecule is CC1(C)Oc2nc(C=C3C(=O)c4ccccc4C3=O)sc2C2=C1NC(C=C1C(=O)c3ccccc3C1=O)S2. The van der Waals surface area contributed by atoms with Crippen LogP contribution >= 0.6 is 23.1 Å². The van der Waals surface area contributed by atoms with Crippen molar-refractivity contribution in [1.29, 1.82) is 0 Å². The summed E-state index contributed by atoms with van der Waals surface area (Å²) in [7, 11) is 0. The molecule has 38 heavy (non-hydrogen) atoms. The highest BCUT2D eigenvalue weighted by Crippen LogP contribution is 2.52. The summed E-state index contributed by atoms with van der Waals surface area (Å²) in [4.78, 5) is 57.8. The Bertz CT molecular complexity index is 1680. The van der Waals surface area contributed by atoms with Crippen molar-refractivity contribution < 1.29 is 23.9 Å². The number of fused-ring (bicyclic) bond motifs is 4. The zero-order chi connectivity index (χ0) is 26.3. The monoisotopic (exact) mass is 538 g/mol. The molecule has 2 aliphatic carbocycles.